The van der Waals surface area contributed by atoms with E-state index < -0.39 is 0 Å². The van der Waals surface area contributed by atoms with Gasteiger partial charge in [-0.3, -0.25) is 24.8 Å². The van der Waals surface area contributed by atoms with Gasteiger partial charge in [0.1, 0.15) is 0 Å². The van der Waals surface area contributed by atoms with Gasteiger partial charge in [0, 0.05) is 50.2 Å². The molecular weight excluding hydrogens is 494 g/mol. The molecule has 2 fully saturated rings. The number of carbonyl (C=O) groups is 2. The zero-order chi connectivity index (χ0) is 24.6. The highest BCUT2D eigenvalue weighted by atomic mass is 35.5. The number of carbonyl (C=O) groups excluding carboxylic acids is 2. The zero-order valence-corrected chi connectivity index (χ0v) is 21.4. The summed E-state index contributed by atoms with van der Waals surface area (Å²) in [7, 11) is 0. The van der Waals surface area contributed by atoms with Crippen LogP contribution in [0.2, 0.25) is 5.02 Å². The summed E-state index contributed by atoms with van der Waals surface area (Å²) < 4.78 is 0. The Morgan fingerprint density at radius 1 is 0.972 bits per heavy atom. The summed E-state index contributed by atoms with van der Waals surface area (Å²) in [5.41, 5.74) is 10.9. The first kappa shape index (κ1) is 23.6. The van der Waals surface area contributed by atoms with Gasteiger partial charge in [0.25, 0.3) is 11.8 Å². The van der Waals surface area contributed by atoms with E-state index in [-0.39, 0.29) is 17.9 Å². The first-order valence-corrected chi connectivity index (χ1v) is 13.6. The highest BCUT2D eigenvalue weighted by Gasteiger charge is 2.39. The van der Waals surface area contributed by atoms with Crippen molar-refractivity contribution in [2.24, 2.45) is 5.92 Å². The summed E-state index contributed by atoms with van der Waals surface area (Å²) >= 11 is 7.65. The summed E-state index contributed by atoms with van der Waals surface area (Å²) in [6, 6.07) is 15.9. The average molecular weight is 522 g/mol. The van der Waals surface area contributed by atoms with E-state index in [9.17, 15) is 9.59 Å². The van der Waals surface area contributed by atoms with Crippen molar-refractivity contribution in [1.29, 1.82) is 0 Å². The summed E-state index contributed by atoms with van der Waals surface area (Å²) in [6.07, 6.45) is 0. The second-order valence-corrected chi connectivity index (χ2v) is 10.8. The molecule has 186 valence electrons. The van der Waals surface area contributed by atoms with Gasteiger partial charge in [0.15, 0.2) is 0 Å². The van der Waals surface area contributed by atoms with Crippen molar-refractivity contribution in [1.82, 2.24) is 20.7 Å². The van der Waals surface area contributed by atoms with Crippen molar-refractivity contribution in [2.75, 3.05) is 44.2 Å². The van der Waals surface area contributed by atoms with Crippen LogP contribution in [-0.4, -0.2) is 60.9 Å². The minimum absolute atomic E-state index is 0.187. The Morgan fingerprint density at radius 2 is 1.78 bits per heavy atom. The molecule has 2 atom stereocenters. The van der Waals surface area contributed by atoms with Crippen LogP contribution in [0.15, 0.2) is 59.3 Å². The van der Waals surface area contributed by atoms with Gasteiger partial charge in [-0.05, 0) is 52.2 Å². The molecule has 6 rings (SSSR count). The number of benzene rings is 2. The van der Waals surface area contributed by atoms with Crippen molar-refractivity contribution in [3.05, 3.63) is 86.6 Å². The van der Waals surface area contributed by atoms with Crippen LogP contribution >= 0.6 is 22.9 Å². The van der Waals surface area contributed by atoms with Gasteiger partial charge in [-0.2, -0.15) is 11.3 Å². The first-order valence-electron chi connectivity index (χ1n) is 12.3. The number of piperazine rings is 1. The summed E-state index contributed by atoms with van der Waals surface area (Å²) in [6.45, 7) is 5.68. The second-order valence-electron chi connectivity index (χ2n) is 9.63. The lowest BCUT2D eigenvalue weighted by Crippen LogP contribution is -2.48. The van der Waals surface area contributed by atoms with Gasteiger partial charge >= 0.3 is 0 Å². The number of nitrogens with zero attached hydrogens (tertiary/aromatic N) is 3. The van der Waals surface area contributed by atoms with Crippen molar-refractivity contribution in [3.63, 3.8) is 0 Å². The lowest BCUT2D eigenvalue weighted by Gasteiger charge is -2.38. The molecule has 2 saturated heterocycles. The maximum atomic E-state index is 13.3. The number of halogens is 1. The van der Waals surface area contributed by atoms with E-state index in [1.54, 1.807) is 17.4 Å². The smallest absolute Gasteiger partial charge is 0.263 e. The number of anilines is 1. The van der Waals surface area contributed by atoms with Crippen LogP contribution in [0.3, 0.4) is 0 Å². The van der Waals surface area contributed by atoms with Crippen LogP contribution in [0.4, 0.5) is 5.69 Å². The molecule has 2 N–H and O–H groups in total. The Bertz CT molecular complexity index is 1260. The Balaban J connectivity index is 1.12. The molecule has 0 bridgehead atoms. The number of amides is 2. The van der Waals surface area contributed by atoms with Crippen molar-refractivity contribution < 1.29 is 9.59 Å². The van der Waals surface area contributed by atoms with Crippen LogP contribution in [0.5, 0.6) is 0 Å². The number of imide groups is 1. The molecule has 3 aromatic rings. The highest BCUT2D eigenvalue weighted by Crippen LogP contribution is 2.34. The van der Waals surface area contributed by atoms with E-state index >= 15 is 0 Å². The molecule has 7 nitrogen and oxygen atoms in total. The molecule has 4 heterocycles. The molecule has 0 saturated carbocycles. The number of hydrogen-bond acceptors (Lipinski definition) is 7. The Kier molecular flexibility index (Phi) is 6.54. The third-order valence-corrected chi connectivity index (χ3v) is 8.41. The topological polar surface area (TPSA) is 67.9 Å². The van der Waals surface area contributed by atoms with Crippen LogP contribution < -0.4 is 15.8 Å². The maximum absolute atomic E-state index is 13.3. The number of thiophene rings is 1. The second kappa shape index (κ2) is 9.95. The number of fused-ring (bicyclic) bond motifs is 1. The van der Waals surface area contributed by atoms with Crippen molar-refractivity contribution in [2.45, 2.75) is 12.6 Å². The zero-order valence-electron chi connectivity index (χ0n) is 19.8. The minimum Gasteiger partial charge on any atom is -0.368 e. The molecule has 0 radical (unpaired) electrons. The molecule has 9 heteroatoms. The molecule has 2 aromatic carbocycles. The third-order valence-electron chi connectivity index (χ3n) is 7.43. The quantitative estimate of drug-likeness (QED) is 0.481. The van der Waals surface area contributed by atoms with Gasteiger partial charge in [0.05, 0.1) is 29.4 Å². The van der Waals surface area contributed by atoms with Gasteiger partial charge in [-0.1, -0.05) is 29.8 Å². The van der Waals surface area contributed by atoms with Gasteiger partial charge in [0.2, 0.25) is 0 Å². The van der Waals surface area contributed by atoms with Gasteiger partial charge in [-0.15, -0.1) is 0 Å². The number of hydrazine groups is 1. The van der Waals surface area contributed by atoms with Crippen LogP contribution in [0.25, 0.3) is 0 Å². The molecule has 3 aliphatic rings. The molecule has 1 aromatic heterocycles. The molecule has 3 aliphatic heterocycles. The van der Waals surface area contributed by atoms with E-state index in [4.69, 9.17) is 11.6 Å². The normalized spacial score (nSPS) is 22.5. The predicted octanol–water partition coefficient (Wildman–Crippen LogP) is 3.79. The highest BCUT2D eigenvalue weighted by molar-refractivity contribution is 7.07. The molecule has 36 heavy (non-hydrogen) atoms. The van der Waals surface area contributed by atoms with E-state index in [2.05, 4.69) is 32.8 Å². The van der Waals surface area contributed by atoms with E-state index in [1.807, 2.05) is 41.1 Å². The molecule has 0 aliphatic carbocycles. The predicted molar refractivity (Wildman–Crippen MR) is 142 cm³/mol. The Labute approximate surface area is 219 Å². The molecule has 2 unspecified atom stereocenters. The molecule has 2 amide bonds. The lowest BCUT2D eigenvalue weighted by atomic mass is 9.94. The fraction of sp³-hybridized carbons (Fsp3) is 0.333. The largest absolute Gasteiger partial charge is 0.368 e. The Hall–Kier alpha value is -2.75. The van der Waals surface area contributed by atoms with Crippen LogP contribution in [-0.2, 0) is 6.54 Å². The standard InChI is InChI=1S/C27H28ClN5O2S/c28-21-6-4-19(5-7-21)25-20(14-29-30-25)16-31-9-11-32(12-10-31)23-3-1-2-22-24(23)27(35)33(26(22)34)15-18-8-13-36-17-18/h1-8,13,17,20,25,29-30H,9-12,14-16H2. The first-order chi connectivity index (χ1) is 17.6. The van der Waals surface area contributed by atoms with E-state index in [1.165, 1.54) is 10.5 Å². The fourth-order valence-electron chi connectivity index (χ4n) is 5.52. The number of nitrogens with one attached hydrogen (secondary N) is 2. The van der Waals surface area contributed by atoms with Crippen LogP contribution in [0.1, 0.15) is 37.9 Å². The van der Waals surface area contributed by atoms with E-state index in [0.29, 0.717) is 23.6 Å². The molecule has 0 spiro atoms. The minimum atomic E-state index is -0.198. The summed E-state index contributed by atoms with van der Waals surface area (Å²) in [4.78, 5) is 32.5. The number of hydrogen-bond donors (Lipinski definition) is 2. The van der Waals surface area contributed by atoms with Gasteiger partial charge in [-0.25, -0.2) is 5.43 Å². The number of rotatable bonds is 6. The average Bonchev–Trinajstić information content (AvgIpc) is 3.64. The monoisotopic (exact) mass is 521 g/mol. The fourth-order valence-corrected chi connectivity index (χ4v) is 6.31. The molecular formula is C27H28ClN5O2S. The van der Waals surface area contributed by atoms with Crippen molar-refractivity contribution in [3.8, 4) is 0 Å². The van der Waals surface area contributed by atoms with Crippen LogP contribution in [0, 0.1) is 5.92 Å². The summed E-state index contributed by atoms with van der Waals surface area (Å²) in [5, 5.41) is 4.70. The van der Waals surface area contributed by atoms with Crippen molar-refractivity contribution >= 4 is 40.4 Å². The SMILES string of the molecule is O=C1c2cccc(N3CCN(CC4CNNC4c4ccc(Cl)cc4)CC3)c2C(=O)N1Cc1ccsc1. The Morgan fingerprint density at radius 3 is 2.53 bits per heavy atom. The maximum Gasteiger partial charge on any atom is 0.263 e. The summed E-state index contributed by atoms with van der Waals surface area (Å²) in [5.74, 6) is 0.0628. The van der Waals surface area contributed by atoms with Gasteiger partial charge < -0.3 is 4.90 Å². The van der Waals surface area contributed by atoms with E-state index in [0.717, 1.165) is 55.5 Å². The lowest BCUT2D eigenvalue weighted by molar-refractivity contribution is 0.0642. The third kappa shape index (κ3) is 4.44.